The van der Waals surface area contributed by atoms with E-state index in [1.807, 2.05) is 22.9 Å². The van der Waals surface area contributed by atoms with Crippen molar-refractivity contribution in [3.8, 4) is 0 Å². The second-order valence-electron chi connectivity index (χ2n) is 11.3. The third kappa shape index (κ3) is 4.73. The van der Waals surface area contributed by atoms with E-state index >= 15 is 0 Å². The molecular formula is C30H36N6O. The van der Waals surface area contributed by atoms with Gasteiger partial charge in [-0.25, -0.2) is 4.68 Å². The van der Waals surface area contributed by atoms with Gasteiger partial charge >= 0.3 is 0 Å². The Bertz CT molecular complexity index is 1440. The Morgan fingerprint density at radius 1 is 1.00 bits per heavy atom. The summed E-state index contributed by atoms with van der Waals surface area (Å²) in [6.45, 7) is 6.66. The SMILES string of the molecule is Cc1cc(C)c2[nH]c(=O)c(C(c3nnnn3Cc3ccccc3)N3CCCC4(CCCCC4)C3)cc2c1. The molecule has 4 aromatic rings. The van der Waals surface area contributed by atoms with E-state index in [0.717, 1.165) is 52.9 Å². The molecule has 2 aromatic carbocycles. The van der Waals surface area contributed by atoms with Gasteiger partial charge in [-0.05, 0) is 90.6 Å². The predicted molar refractivity (Wildman–Crippen MR) is 146 cm³/mol. The molecule has 1 saturated heterocycles. The summed E-state index contributed by atoms with van der Waals surface area (Å²) in [7, 11) is 0. The highest BCUT2D eigenvalue weighted by Crippen LogP contribution is 2.45. The van der Waals surface area contributed by atoms with Crippen molar-refractivity contribution in [3.63, 3.8) is 0 Å². The van der Waals surface area contributed by atoms with Crippen LogP contribution in [0.15, 0.2) is 53.3 Å². The standard InChI is InChI=1S/C30H36N6O/c1-21-16-22(2)26-24(17-21)18-25(29(37)31-26)27(35-15-9-14-30(20-35)12-7-4-8-13-30)28-32-33-34-36(28)19-23-10-5-3-6-11-23/h3,5-6,10-11,16-18,27H,4,7-9,12-15,19-20H2,1-2H3,(H,31,37). The van der Waals surface area contributed by atoms with Gasteiger partial charge in [0.15, 0.2) is 5.82 Å². The number of H-pyrrole nitrogens is 1. The quantitative estimate of drug-likeness (QED) is 0.405. The predicted octanol–water partition coefficient (Wildman–Crippen LogP) is 5.32. The number of aromatic amines is 1. The number of hydrogen-bond acceptors (Lipinski definition) is 5. The molecule has 1 spiro atoms. The van der Waals surface area contributed by atoms with E-state index in [9.17, 15) is 4.79 Å². The van der Waals surface area contributed by atoms with Gasteiger partial charge < -0.3 is 4.98 Å². The fraction of sp³-hybridized carbons (Fsp3) is 0.467. The minimum absolute atomic E-state index is 0.0537. The lowest BCUT2D eigenvalue weighted by atomic mass is 9.69. The molecule has 3 heterocycles. The number of nitrogens with one attached hydrogen (secondary N) is 1. The van der Waals surface area contributed by atoms with Gasteiger partial charge in [-0.2, -0.15) is 0 Å². The van der Waals surface area contributed by atoms with Crippen LogP contribution in [0, 0.1) is 19.3 Å². The van der Waals surface area contributed by atoms with Crippen LogP contribution < -0.4 is 5.56 Å². The van der Waals surface area contributed by atoms with Gasteiger partial charge in [-0.1, -0.05) is 61.2 Å². The average molecular weight is 497 g/mol. The summed E-state index contributed by atoms with van der Waals surface area (Å²) >= 11 is 0. The Labute approximate surface area is 217 Å². The van der Waals surface area contributed by atoms with Crippen molar-refractivity contribution in [2.45, 2.75) is 71.4 Å². The summed E-state index contributed by atoms with van der Waals surface area (Å²) in [6, 6.07) is 16.3. The molecule has 7 heteroatoms. The number of likely N-dealkylation sites (tertiary alicyclic amines) is 1. The molecule has 0 radical (unpaired) electrons. The van der Waals surface area contributed by atoms with Crippen molar-refractivity contribution in [1.82, 2.24) is 30.1 Å². The molecule has 1 saturated carbocycles. The van der Waals surface area contributed by atoms with Gasteiger partial charge in [0.2, 0.25) is 0 Å². The van der Waals surface area contributed by atoms with E-state index in [1.165, 1.54) is 44.1 Å². The Morgan fingerprint density at radius 3 is 2.59 bits per heavy atom. The number of aromatic nitrogens is 5. The molecule has 2 fully saturated rings. The monoisotopic (exact) mass is 496 g/mol. The molecule has 192 valence electrons. The zero-order valence-electron chi connectivity index (χ0n) is 21.9. The lowest BCUT2D eigenvalue weighted by Gasteiger charge is -2.47. The molecule has 2 aliphatic rings. The molecule has 6 rings (SSSR count). The lowest BCUT2D eigenvalue weighted by Crippen LogP contribution is -2.47. The van der Waals surface area contributed by atoms with E-state index < -0.39 is 0 Å². The summed E-state index contributed by atoms with van der Waals surface area (Å²) in [6.07, 6.45) is 8.91. The number of nitrogens with zero attached hydrogens (tertiary/aromatic N) is 5. The van der Waals surface area contributed by atoms with Gasteiger partial charge in [0.1, 0.15) is 6.04 Å². The molecule has 1 aliphatic carbocycles. The smallest absolute Gasteiger partial charge is 0.253 e. The van der Waals surface area contributed by atoms with E-state index in [4.69, 9.17) is 0 Å². The van der Waals surface area contributed by atoms with Gasteiger partial charge in [-0.15, -0.1) is 5.10 Å². The summed E-state index contributed by atoms with van der Waals surface area (Å²) in [5.74, 6) is 0.742. The highest BCUT2D eigenvalue weighted by atomic mass is 16.1. The maximum atomic E-state index is 13.7. The van der Waals surface area contributed by atoms with Crippen LogP contribution in [0.3, 0.4) is 0 Å². The van der Waals surface area contributed by atoms with Crippen LogP contribution in [-0.4, -0.2) is 43.2 Å². The van der Waals surface area contributed by atoms with Crippen LogP contribution in [-0.2, 0) is 6.54 Å². The first-order valence-corrected chi connectivity index (χ1v) is 13.7. The average Bonchev–Trinajstić information content (AvgIpc) is 3.34. The largest absolute Gasteiger partial charge is 0.321 e. The Hall–Kier alpha value is -3.32. The molecule has 2 aromatic heterocycles. The fourth-order valence-electron chi connectivity index (χ4n) is 6.86. The van der Waals surface area contributed by atoms with Crippen molar-refractivity contribution in [3.05, 3.63) is 87.0 Å². The number of pyridine rings is 1. The maximum Gasteiger partial charge on any atom is 0.253 e. The second kappa shape index (κ2) is 9.86. The number of hydrogen-bond donors (Lipinski definition) is 1. The zero-order valence-corrected chi connectivity index (χ0v) is 21.9. The molecule has 7 nitrogen and oxygen atoms in total. The van der Waals surface area contributed by atoms with Crippen LogP contribution in [0.2, 0.25) is 0 Å². The third-order valence-corrected chi connectivity index (χ3v) is 8.57. The minimum atomic E-state index is -0.299. The van der Waals surface area contributed by atoms with Crippen LogP contribution >= 0.6 is 0 Å². The number of rotatable bonds is 5. The highest BCUT2D eigenvalue weighted by Gasteiger charge is 2.41. The normalized spacial score (nSPS) is 18.9. The molecule has 1 N–H and O–H groups in total. The van der Waals surface area contributed by atoms with E-state index in [1.54, 1.807) is 0 Å². The van der Waals surface area contributed by atoms with E-state index in [-0.39, 0.29) is 11.6 Å². The first-order valence-electron chi connectivity index (χ1n) is 13.7. The van der Waals surface area contributed by atoms with Gasteiger partial charge in [0.25, 0.3) is 5.56 Å². The molecule has 37 heavy (non-hydrogen) atoms. The lowest BCUT2D eigenvalue weighted by molar-refractivity contribution is 0.0340. The van der Waals surface area contributed by atoms with Crippen LogP contribution in [0.25, 0.3) is 10.9 Å². The molecule has 1 unspecified atom stereocenters. The molecular weight excluding hydrogens is 460 g/mol. The number of piperidine rings is 1. The van der Waals surface area contributed by atoms with Crippen molar-refractivity contribution in [1.29, 1.82) is 0 Å². The summed E-state index contributed by atoms with van der Waals surface area (Å²) in [4.78, 5) is 19.4. The summed E-state index contributed by atoms with van der Waals surface area (Å²) in [5.41, 5.74) is 5.33. The summed E-state index contributed by atoms with van der Waals surface area (Å²) in [5, 5.41) is 14.1. The third-order valence-electron chi connectivity index (χ3n) is 8.57. The Kier molecular flexibility index (Phi) is 6.41. The van der Waals surface area contributed by atoms with E-state index in [2.05, 4.69) is 69.6 Å². The second-order valence-corrected chi connectivity index (χ2v) is 11.3. The first kappa shape index (κ1) is 24.0. The maximum absolute atomic E-state index is 13.7. The topological polar surface area (TPSA) is 79.7 Å². The van der Waals surface area contributed by atoms with Gasteiger partial charge in [0, 0.05) is 12.1 Å². The minimum Gasteiger partial charge on any atom is -0.321 e. The molecule has 0 bridgehead atoms. The van der Waals surface area contributed by atoms with Crippen LogP contribution in [0.1, 0.15) is 79.1 Å². The van der Waals surface area contributed by atoms with Crippen molar-refractivity contribution in [2.24, 2.45) is 5.41 Å². The van der Waals surface area contributed by atoms with E-state index in [0.29, 0.717) is 12.0 Å². The van der Waals surface area contributed by atoms with Crippen LogP contribution in [0.4, 0.5) is 0 Å². The molecule has 1 aliphatic heterocycles. The van der Waals surface area contributed by atoms with Crippen molar-refractivity contribution < 1.29 is 0 Å². The van der Waals surface area contributed by atoms with Crippen molar-refractivity contribution in [2.75, 3.05) is 13.1 Å². The summed E-state index contributed by atoms with van der Waals surface area (Å²) < 4.78 is 1.88. The highest BCUT2D eigenvalue weighted by molar-refractivity contribution is 5.83. The number of aryl methyl sites for hydroxylation is 2. The zero-order chi connectivity index (χ0) is 25.4. The van der Waals surface area contributed by atoms with Crippen molar-refractivity contribution >= 4 is 10.9 Å². The number of benzene rings is 2. The Morgan fingerprint density at radius 2 is 1.78 bits per heavy atom. The molecule has 0 amide bonds. The van der Waals surface area contributed by atoms with Crippen LogP contribution in [0.5, 0.6) is 0 Å². The number of fused-ring (bicyclic) bond motifs is 1. The fourth-order valence-corrected chi connectivity index (χ4v) is 6.86. The molecule has 1 atom stereocenters. The Balaban J connectivity index is 1.47. The van der Waals surface area contributed by atoms with Gasteiger partial charge in [-0.3, -0.25) is 9.69 Å². The van der Waals surface area contributed by atoms with Gasteiger partial charge in [0.05, 0.1) is 12.1 Å². The number of tetrazole rings is 1. The first-order chi connectivity index (χ1) is 18.0.